The van der Waals surface area contributed by atoms with Crippen molar-refractivity contribution in [1.82, 2.24) is 5.06 Å². The Labute approximate surface area is 123 Å². The van der Waals surface area contributed by atoms with Crippen LogP contribution < -0.4 is 0 Å². The van der Waals surface area contributed by atoms with Crippen molar-refractivity contribution >= 4 is 67.7 Å². The maximum absolute atomic E-state index is 11.9. The van der Waals surface area contributed by atoms with Crippen LogP contribution in [0.4, 0.5) is 0 Å². The molecule has 5 nitrogen and oxygen atoms in total. The molecule has 0 aromatic carbocycles. The van der Waals surface area contributed by atoms with Gasteiger partial charge < -0.3 is 4.84 Å². The molecule has 100 valence electrons. The third kappa shape index (κ3) is 3.87. The molecule has 9 heteroatoms. The van der Waals surface area contributed by atoms with Crippen LogP contribution in [0.15, 0.2) is 0 Å². The standard InChI is InChI=1S/C9H11NO4S4/c1-9(2,17-8(15)18-16)7(13)14-10-5(11)3-4-6(10)12/h16H,3-4H2,1-2H3. The van der Waals surface area contributed by atoms with Crippen molar-refractivity contribution in [2.24, 2.45) is 0 Å². The Bertz CT molecular complexity index is 393. The van der Waals surface area contributed by atoms with E-state index in [0.29, 0.717) is 8.59 Å². The predicted molar refractivity (Wildman–Crippen MR) is 78.0 cm³/mol. The highest BCUT2D eigenvalue weighted by Gasteiger charge is 2.39. The lowest BCUT2D eigenvalue weighted by Gasteiger charge is -2.23. The summed E-state index contributed by atoms with van der Waals surface area (Å²) in [5, 5.41) is 0.529. The molecule has 0 aromatic heterocycles. The Kier molecular flexibility index (Phi) is 5.50. The topological polar surface area (TPSA) is 63.7 Å². The van der Waals surface area contributed by atoms with E-state index in [1.165, 1.54) is 0 Å². The van der Waals surface area contributed by atoms with Crippen molar-refractivity contribution in [1.29, 1.82) is 0 Å². The number of thiocarbonyl (C=S) groups is 1. The van der Waals surface area contributed by atoms with Crippen molar-refractivity contribution in [3.8, 4) is 0 Å². The van der Waals surface area contributed by atoms with Crippen LogP contribution in [0.1, 0.15) is 26.7 Å². The summed E-state index contributed by atoms with van der Waals surface area (Å²) in [5.74, 6) is -1.69. The molecule has 1 saturated heterocycles. The van der Waals surface area contributed by atoms with Crippen LogP contribution in [0.2, 0.25) is 0 Å². The van der Waals surface area contributed by atoms with Crippen molar-refractivity contribution < 1.29 is 19.2 Å². The van der Waals surface area contributed by atoms with Gasteiger partial charge in [-0.15, -0.1) is 16.7 Å². The first kappa shape index (κ1) is 15.8. The number of rotatable bonds is 3. The van der Waals surface area contributed by atoms with Gasteiger partial charge in [-0.1, -0.05) is 24.0 Å². The third-order valence-corrected chi connectivity index (χ3v) is 5.37. The number of nitrogens with zero attached hydrogens (tertiary/aromatic N) is 1. The zero-order chi connectivity index (χ0) is 13.9. The highest BCUT2D eigenvalue weighted by atomic mass is 33.1. The quantitative estimate of drug-likeness (QED) is 0.368. The molecule has 0 N–H and O–H groups in total. The van der Waals surface area contributed by atoms with E-state index in [-0.39, 0.29) is 12.8 Å². The van der Waals surface area contributed by atoms with Crippen LogP contribution in [-0.2, 0) is 19.2 Å². The predicted octanol–water partition coefficient (Wildman–Crippen LogP) is 1.97. The minimum Gasteiger partial charge on any atom is -0.329 e. The van der Waals surface area contributed by atoms with Gasteiger partial charge in [0.2, 0.25) is 0 Å². The Hall–Kier alpha value is -0.250. The Morgan fingerprint density at radius 1 is 1.39 bits per heavy atom. The zero-order valence-corrected chi connectivity index (χ0v) is 13.0. The Morgan fingerprint density at radius 3 is 2.33 bits per heavy atom. The molecule has 1 heterocycles. The van der Waals surface area contributed by atoms with Gasteiger partial charge in [-0.2, -0.15) is 0 Å². The van der Waals surface area contributed by atoms with Crippen molar-refractivity contribution in [3.05, 3.63) is 0 Å². The number of hydrogen-bond donors (Lipinski definition) is 1. The van der Waals surface area contributed by atoms with Crippen molar-refractivity contribution in [3.63, 3.8) is 0 Å². The molecule has 0 bridgehead atoms. The molecule has 1 rings (SSSR count). The van der Waals surface area contributed by atoms with Crippen LogP contribution >= 0.6 is 46.4 Å². The average Bonchev–Trinajstić information content (AvgIpc) is 2.60. The Morgan fingerprint density at radius 2 is 1.89 bits per heavy atom. The molecule has 2 amide bonds. The van der Waals surface area contributed by atoms with Crippen molar-refractivity contribution in [2.45, 2.75) is 31.4 Å². The van der Waals surface area contributed by atoms with E-state index in [0.717, 1.165) is 22.6 Å². The lowest BCUT2D eigenvalue weighted by molar-refractivity contribution is -0.198. The molecule has 0 aromatic rings. The molecule has 0 atom stereocenters. The maximum Gasteiger partial charge on any atom is 0.348 e. The average molecular weight is 325 g/mol. The summed E-state index contributed by atoms with van der Waals surface area (Å²) < 4.78 is -0.532. The monoisotopic (exact) mass is 325 g/mol. The van der Waals surface area contributed by atoms with Crippen LogP contribution in [0.5, 0.6) is 0 Å². The van der Waals surface area contributed by atoms with Gasteiger partial charge >= 0.3 is 5.97 Å². The molecular weight excluding hydrogens is 314 g/mol. The zero-order valence-electron chi connectivity index (χ0n) is 9.67. The van der Waals surface area contributed by atoms with Crippen LogP contribution in [0.25, 0.3) is 0 Å². The number of thiol groups is 1. The summed E-state index contributed by atoms with van der Waals surface area (Å²) in [5.41, 5.74) is 0. The van der Waals surface area contributed by atoms with E-state index in [1.807, 2.05) is 0 Å². The second-order valence-corrected chi connectivity index (χ2v) is 7.87. The van der Waals surface area contributed by atoms with Crippen LogP contribution in [0, 0.1) is 0 Å². The highest BCUT2D eigenvalue weighted by molar-refractivity contribution is 8.82. The van der Waals surface area contributed by atoms with E-state index < -0.39 is 22.5 Å². The number of hydrogen-bond acceptors (Lipinski definition) is 8. The second kappa shape index (κ2) is 6.27. The lowest BCUT2D eigenvalue weighted by Crippen LogP contribution is -2.39. The number of hydroxylamine groups is 2. The number of thioether (sulfide) groups is 1. The van der Waals surface area contributed by atoms with Crippen LogP contribution in [-0.4, -0.2) is 31.1 Å². The fourth-order valence-electron chi connectivity index (χ4n) is 1.12. The molecule has 0 saturated carbocycles. The smallest absolute Gasteiger partial charge is 0.329 e. The summed E-state index contributed by atoms with van der Waals surface area (Å²) in [7, 11) is 1.05. The molecule has 18 heavy (non-hydrogen) atoms. The third-order valence-electron chi connectivity index (χ3n) is 2.08. The fourth-order valence-corrected chi connectivity index (χ4v) is 3.39. The maximum atomic E-state index is 11.9. The summed E-state index contributed by atoms with van der Waals surface area (Å²) in [6.45, 7) is 3.20. The van der Waals surface area contributed by atoms with Gasteiger partial charge in [-0.05, 0) is 24.6 Å². The van der Waals surface area contributed by atoms with Gasteiger partial charge in [0, 0.05) is 12.8 Å². The SMILES string of the molecule is CC(C)(SC(=S)SS)C(=O)ON1C(=O)CCC1=O. The van der Waals surface area contributed by atoms with E-state index in [1.54, 1.807) is 13.8 Å². The first-order chi connectivity index (χ1) is 8.27. The molecule has 0 aliphatic carbocycles. The molecule has 0 spiro atoms. The van der Waals surface area contributed by atoms with E-state index in [4.69, 9.17) is 17.1 Å². The summed E-state index contributed by atoms with van der Waals surface area (Å²) >= 11 is 9.96. The second-order valence-electron chi connectivity index (χ2n) is 3.91. The molecule has 0 unspecified atom stereocenters. The van der Waals surface area contributed by atoms with Crippen LogP contribution in [0.3, 0.4) is 0 Å². The van der Waals surface area contributed by atoms with Crippen molar-refractivity contribution in [2.75, 3.05) is 0 Å². The highest BCUT2D eigenvalue weighted by Crippen LogP contribution is 2.33. The molecule has 1 aliphatic heterocycles. The molecule has 1 aliphatic rings. The number of imide groups is 1. The minimum atomic E-state index is -0.990. The van der Waals surface area contributed by atoms with Gasteiger partial charge in [0.25, 0.3) is 11.8 Å². The van der Waals surface area contributed by atoms with E-state index >= 15 is 0 Å². The van der Waals surface area contributed by atoms with Gasteiger partial charge in [-0.3, -0.25) is 9.59 Å². The molecular formula is C9H11NO4S4. The van der Waals surface area contributed by atoms with Gasteiger partial charge in [-0.25, -0.2) is 4.79 Å². The number of amides is 2. The lowest BCUT2D eigenvalue weighted by atomic mass is 10.2. The van der Waals surface area contributed by atoms with Gasteiger partial charge in [0.05, 0.1) is 0 Å². The fraction of sp³-hybridized carbons (Fsp3) is 0.556. The summed E-state index contributed by atoms with van der Waals surface area (Å²) in [6, 6.07) is 0. The first-order valence-corrected chi connectivity index (χ1v) is 8.00. The first-order valence-electron chi connectivity index (χ1n) is 4.90. The number of carbonyl (C=O) groups is 3. The summed E-state index contributed by atoms with van der Waals surface area (Å²) in [6.07, 6.45) is 0.148. The van der Waals surface area contributed by atoms with E-state index in [9.17, 15) is 14.4 Å². The molecule has 0 radical (unpaired) electrons. The summed E-state index contributed by atoms with van der Waals surface area (Å²) in [4.78, 5) is 39.3. The normalized spacial score (nSPS) is 16.1. The largest absolute Gasteiger partial charge is 0.348 e. The Balaban J connectivity index is 2.66. The minimum absolute atomic E-state index is 0.0740. The number of carbonyl (C=O) groups excluding carboxylic acids is 3. The van der Waals surface area contributed by atoms with Gasteiger partial charge in [0.15, 0.2) is 0 Å². The van der Waals surface area contributed by atoms with Gasteiger partial charge in [0.1, 0.15) is 8.28 Å². The molecule has 1 fully saturated rings. The van der Waals surface area contributed by atoms with E-state index in [2.05, 4.69) is 11.7 Å².